The van der Waals surface area contributed by atoms with Crippen LogP contribution in [-0.4, -0.2) is 18.5 Å². The SMILES string of the molecule is N#Cc1ccsc1NC(=O)COC(=O)c1cc2c(s1)CCC2. The Morgan fingerprint density at radius 2 is 2.27 bits per heavy atom. The first kappa shape index (κ1) is 14.8. The molecular formula is C15H12N2O3S2. The molecule has 2 aromatic heterocycles. The summed E-state index contributed by atoms with van der Waals surface area (Å²) in [7, 11) is 0. The lowest BCUT2D eigenvalue weighted by Crippen LogP contribution is -2.20. The van der Waals surface area contributed by atoms with Crippen LogP contribution in [0.4, 0.5) is 5.00 Å². The molecule has 22 heavy (non-hydrogen) atoms. The number of amides is 1. The predicted molar refractivity (Wildman–Crippen MR) is 84.3 cm³/mol. The lowest BCUT2D eigenvalue weighted by Gasteiger charge is -2.04. The number of carbonyl (C=O) groups is 2. The number of anilines is 1. The van der Waals surface area contributed by atoms with Gasteiger partial charge in [0.1, 0.15) is 15.9 Å². The van der Waals surface area contributed by atoms with Crippen LogP contribution in [-0.2, 0) is 22.4 Å². The van der Waals surface area contributed by atoms with Crippen molar-refractivity contribution in [1.82, 2.24) is 0 Å². The number of nitrogens with one attached hydrogen (secondary N) is 1. The van der Waals surface area contributed by atoms with E-state index in [9.17, 15) is 9.59 Å². The highest BCUT2D eigenvalue weighted by Crippen LogP contribution is 2.30. The van der Waals surface area contributed by atoms with E-state index >= 15 is 0 Å². The number of hydrogen-bond acceptors (Lipinski definition) is 6. The van der Waals surface area contributed by atoms with Crippen LogP contribution in [0.5, 0.6) is 0 Å². The van der Waals surface area contributed by atoms with Gasteiger partial charge in [-0.2, -0.15) is 5.26 Å². The molecule has 0 radical (unpaired) electrons. The molecule has 112 valence electrons. The minimum absolute atomic E-state index is 0.357. The average molecular weight is 332 g/mol. The van der Waals surface area contributed by atoms with Gasteiger partial charge in [0.15, 0.2) is 6.61 Å². The molecule has 1 N–H and O–H groups in total. The number of nitrogens with zero attached hydrogens (tertiary/aromatic N) is 1. The Labute approximate surface area is 135 Å². The van der Waals surface area contributed by atoms with Crippen LogP contribution in [0.2, 0.25) is 0 Å². The molecule has 0 aromatic carbocycles. The van der Waals surface area contributed by atoms with Gasteiger partial charge in [0.2, 0.25) is 0 Å². The van der Waals surface area contributed by atoms with E-state index in [1.165, 1.54) is 33.1 Å². The average Bonchev–Trinajstić information content (AvgIpc) is 3.19. The zero-order valence-electron chi connectivity index (χ0n) is 11.5. The summed E-state index contributed by atoms with van der Waals surface area (Å²) in [4.78, 5) is 25.5. The van der Waals surface area contributed by atoms with Crippen molar-refractivity contribution in [3.05, 3.63) is 38.4 Å². The molecule has 0 atom stereocenters. The maximum absolute atomic E-state index is 11.9. The summed E-state index contributed by atoms with van der Waals surface area (Å²) in [5, 5.41) is 13.6. The first-order valence-electron chi connectivity index (χ1n) is 6.73. The van der Waals surface area contributed by atoms with Crippen LogP contribution in [0.3, 0.4) is 0 Å². The van der Waals surface area contributed by atoms with Gasteiger partial charge >= 0.3 is 5.97 Å². The monoisotopic (exact) mass is 332 g/mol. The minimum atomic E-state index is -0.471. The van der Waals surface area contributed by atoms with E-state index in [2.05, 4.69) is 5.32 Å². The number of nitriles is 1. The third-order valence-corrected chi connectivity index (χ3v) is 5.37. The largest absolute Gasteiger partial charge is 0.451 e. The fourth-order valence-corrected chi connectivity index (χ4v) is 4.19. The lowest BCUT2D eigenvalue weighted by atomic mass is 10.2. The standard InChI is InChI=1S/C15H12N2O3S2/c16-7-10-4-5-21-14(10)17-13(18)8-20-15(19)12-6-9-2-1-3-11(9)22-12/h4-6H,1-3,8H2,(H,17,18). The molecule has 0 fully saturated rings. The summed E-state index contributed by atoms with van der Waals surface area (Å²) in [6, 6.07) is 5.47. The Morgan fingerprint density at radius 3 is 3.05 bits per heavy atom. The molecule has 0 bridgehead atoms. The van der Waals surface area contributed by atoms with E-state index in [0.29, 0.717) is 15.4 Å². The predicted octanol–water partition coefficient (Wildman–Crippen LogP) is 2.97. The van der Waals surface area contributed by atoms with Crippen LogP contribution < -0.4 is 5.32 Å². The van der Waals surface area contributed by atoms with Crippen LogP contribution in [0.1, 0.15) is 32.1 Å². The Bertz CT molecular complexity index is 749. The van der Waals surface area contributed by atoms with Crippen LogP contribution in [0.25, 0.3) is 0 Å². The van der Waals surface area contributed by atoms with Crippen LogP contribution in [0.15, 0.2) is 17.5 Å². The van der Waals surface area contributed by atoms with Crippen molar-refractivity contribution in [2.45, 2.75) is 19.3 Å². The molecule has 2 heterocycles. The zero-order chi connectivity index (χ0) is 15.5. The molecule has 1 aliphatic carbocycles. The van der Waals surface area contributed by atoms with Crippen molar-refractivity contribution in [3.63, 3.8) is 0 Å². The van der Waals surface area contributed by atoms with Gasteiger partial charge in [0.05, 0.1) is 5.56 Å². The van der Waals surface area contributed by atoms with E-state index in [1.807, 2.05) is 12.1 Å². The second kappa shape index (κ2) is 6.30. The van der Waals surface area contributed by atoms with E-state index in [1.54, 1.807) is 11.4 Å². The van der Waals surface area contributed by atoms with Gasteiger partial charge in [-0.25, -0.2) is 4.79 Å². The number of thiophene rings is 2. The van der Waals surface area contributed by atoms with Crippen molar-refractivity contribution in [2.24, 2.45) is 0 Å². The van der Waals surface area contributed by atoms with Crippen LogP contribution in [0, 0.1) is 11.3 Å². The molecule has 3 rings (SSSR count). The summed E-state index contributed by atoms with van der Waals surface area (Å²) in [6.07, 6.45) is 3.17. The first-order chi connectivity index (χ1) is 10.7. The number of hydrogen-bond donors (Lipinski definition) is 1. The Kier molecular flexibility index (Phi) is 4.22. The highest BCUT2D eigenvalue weighted by Gasteiger charge is 2.20. The Hall–Kier alpha value is -2.17. The molecule has 0 saturated heterocycles. The van der Waals surface area contributed by atoms with Crippen molar-refractivity contribution < 1.29 is 14.3 Å². The minimum Gasteiger partial charge on any atom is -0.451 e. The van der Waals surface area contributed by atoms with Gasteiger partial charge in [0, 0.05) is 4.88 Å². The van der Waals surface area contributed by atoms with E-state index < -0.39 is 11.9 Å². The molecule has 5 nitrogen and oxygen atoms in total. The summed E-state index contributed by atoms with van der Waals surface area (Å²) in [6.45, 7) is -0.357. The van der Waals surface area contributed by atoms with Crippen molar-refractivity contribution >= 4 is 39.6 Å². The highest BCUT2D eigenvalue weighted by molar-refractivity contribution is 7.14. The van der Waals surface area contributed by atoms with Crippen molar-refractivity contribution in [3.8, 4) is 6.07 Å². The smallest absolute Gasteiger partial charge is 0.348 e. The van der Waals surface area contributed by atoms with Gasteiger partial charge in [-0.05, 0) is 42.3 Å². The van der Waals surface area contributed by atoms with Gasteiger partial charge in [-0.3, -0.25) is 4.79 Å². The molecular weight excluding hydrogens is 320 g/mol. The first-order valence-corrected chi connectivity index (χ1v) is 8.43. The third-order valence-electron chi connectivity index (χ3n) is 3.32. The van der Waals surface area contributed by atoms with Crippen LogP contribution >= 0.6 is 22.7 Å². The fraction of sp³-hybridized carbons (Fsp3) is 0.267. The van der Waals surface area contributed by atoms with E-state index in [0.717, 1.165) is 19.3 Å². The fourth-order valence-electron chi connectivity index (χ4n) is 2.29. The van der Waals surface area contributed by atoms with Gasteiger partial charge < -0.3 is 10.1 Å². The van der Waals surface area contributed by atoms with Gasteiger partial charge in [-0.15, -0.1) is 22.7 Å². The summed E-state index contributed by atoms with van der Waals surface area (Å²) < 4.78 is 5.03. The molecule has 1 amide bonds. The van der Waals surface area contributed by atoms with Crippen molar-refractivity contribution in [2.75, 3.05) is 11.9 Å². The van der Waals surface area contributed by atoms with Gasteiger partial charge in [-0.1, -0.05) is 0 Å². The second-order valence-corrected chi connectivity index (χ2v) is 6.86. The number of ether oxygens (including phenoxy) is 1. The summed E-state index contributed by atoms with van der Waals surface area (Å²) in [5.41, 5.74) is 1.62. The molecule has 7 heteroatoms. The second-order valence-electron chi connectivity index (χ2n) is 4.81. The number of esters is 1. The van der Waals surface area contributed by atoms with Crippen molar-refractivity contribution in [1.29, 1.82) is 5.26 Å². The van der Waals surface area contributed by atoms with E-state index in [-0.39, 0.29) is 6.61 Å². The van der Waals surface area contributed by atoms with E-state index in [4.69, 9.17) is 10.00 Å². The molecule has 1 aliphatic rings. The zero-order valence-corrected chi connectivity index (χ0v) is 13.2. The highest BCUT2D eigenvalue weighted by atomic mass is 32.1. The summed E-state index contributed by atoms with van der Waals surface area (Å²) >= 11 is 2.70. The molecule has 0 saturated carbocycles. The quantitative estimate of drug-likeness (QED) is 0.873. The Balaban J connectivity index is 1.54. The molecule has 0 aliphatic heterocycles. The lowest BCUT2D eigenvalue weighted by molar-refractivity contribution is -0.119. The normalized spacial score (nSPS) is 12.5. The number of fused-ring (bicyclic) bond motifs is 1. The number of rotatable bonds is 4. The third kappa shape index (κ3) is 3.03. The number of aryl methyl sites for hydroxylation is 2. The maximum Gasteiger partial charge on any atom is 0.348 e. The summed E-state index contributed by atoms with van der Waals surface area (Å²) in [5.74, 6) is -0.919. The molecule has 0 spiro atoms. The van der Waals surface area contributed by atoms with Gasteiger partial charge in [0.25, 0.3) is 5.91 Å². The maximum atomic E-state index is 11.9. The number of carbonyl (C=O) groups excluding carboxylic acids is 2. The molecule has 0 unspecified atom stereocenters. The Morgan fingerprint density at radius 1 is 1.41 bits per heavy atom. The molecule has 2 aromatic rings. The topological polar surface area (TPSA) is 79.2 Å².